The molecule has 0 saturated carbocycles. The summed E-state index contributed by atoms with van der Waals surface area (Å²) in [6.45, 7) is 5.66. The summed E-state index contributed by atoms with van der Waals surface area (Å²) >= 11 is 0. The number of hydrogen-bond donors (Lipinski definition) is 1. The number of carbonyl (C=O) groups is 1. The van der Waals surface area contributed by atoms with Gasteiger partial charge >= 0.3 is 0 Å². The van der Waals surface area contributed by atoms with E-state index in [1.165, 1.54) is 29.8 Å². The maximum atomic E-state index is 12.8. The molecule has 0 unspecified atom stereocenters. The molecule has 1 N–H and O–H groups in total. The number of rotatable bonds is 4. The molecule has 4 heteroatoms. The van der Waals surface area contributed by atoms with E-state index in [4.69, 9.17) is 4.74 Å². The highest BCUT2D eigenvalue weighted by atomic mass is 19.1. The SMILES string of the molecule is Cc1ccc(NC(=O)[C@H](C)Oc2ccc(F)cc2)cc1C. The fourth-order valence-electron chi connectivity index (χ4n) is 1.83. The fourth-order valence-corrected chi connectivity index (χ4v) is 1.83. The van der Waals surface area contributed by atoms with Crippen LogP contribution in [-0.2, 0) is 4.79 Å². The Hall–Kier alpha value is -2.36. The van der Waals surface area contributed by atoms with Gasteiger partial charge in [0.2, 0.25) is 0 Å². The Kier molecular flexibility index (Phi) is 4.58. The molecular weight excluding hydrogens is 269 g/mol. The van der Waals surface area contributed by atoms with Crippen molar-refractivity contribution in [2.45, 2.75) is 26.9 Å². The van der Waals surface area contributed by atoms with Gasteiger partial charge in [-0.25, -0.2) is 4.39 Å². The van der Waals surface area contributed by atoms with Crippen molar-refractivity contribution >= 4 is 11.6 Å². The first-order chi connectivity index (χ1) is 9.95. The lowest BCUT2D eigenvalue weighted by Crippen LogP contribution is -2.30. The van der Waals surface area contributed by atoms with Gasteiger partial charge in [0.15, 0.2) is 6.10 Å². The molecule has 110 valence electrons. The van der Waals surface area contributed by atoms with Crippen molar-refractivity contribution in [3.8, 4) is 5.75 Å². The number of benzene rings is 2. The average Bonchev–Trinajstić information content (AvgIpc) is 2.45. The molecule has 1 atom stereocenters. The van der Waals surface area contributed by atoms with Gasteiger partial charge in [0.25, 0.3) is 5.91 Å². The number of carbonyl (C=O) groups excluding carboxylic acids is 1. The number of amides is 1. The van der Waals surface area contributed by atoms with Crippen LogP contribution in [0.3, 0.4) is 0 Å². The summed E-state index contributed by atoms with van der Waals surface area (Å²) in [7, 11) is 0. The molecule has 0 saturated heterocycles. The van der Waals surface area contributed by atoms with E-state index in [1.54, 1.807) is 6.92 Å². The number of aryl methyl sites for hydroxylation is 2. The number of halogens is 1. The highest BCUT2D eigenvalue weighted by molar-refractivity contribution is 5.94. The second kappa shape index (κ2) is 6.39. The Bertz CT molecular complexity index is 638. The van der Waals surface area contributed by atoms with Crippen molar-refractivity contribution in [1.82, 2.24) is 0 Å². The molecule has 0 fully saturated rings. The van der Waals surface area contributed by atoms with Gasteiger partial charge < -0.3 is 10.1 Å². The molecule has 0 spiro atoms. The summed E-state index contributed by atoms with van der Waals surface area (Å²) in [5.74, 6) is -0.128. The van der Waals surface area contributed by atoms with Crippen molar-refractivity contribution < 1.29 is 13.9 Å². The molecule has 0 aliphatic rings. The molecule has 2 rings (SSSR count). The molecule has 2 aromatic rings. The second-order valence-corrected chi connectivity index (χ2v) is 5.00. The van der Waals surface area contributed by atoms with Gasteiger partial charge in [-0.05, 0) is 68.3 Å². The summed E-state index contributed by atoms with van der Waals surface area (Å²) in [5, 5.41) is 2.80. The third-order valence-electron chi connectivity index (χ3n) is 3.27. The minimum Gasteiger partial charge on any atom is -0.481 e. The monoisotopic (exact) mass is 287 g/mol. The minimum absolute atomic E-state index is 0.248. The van der Waals surface area contributed by atoms with E-state index in [9.17, 15) is 9.18 Å². The molecule has 3 nitrogen and oxygen atoms in total. The molecule has 1 amide bonds. The van der Waals surface area contributed by atoms with Gasteiger partial charge in [0.05, 0.1) is 0 Å². The normalized spacial score (nSPS) is 11.8. The molecule has 21 heavy (non-hydrogen) atoms. The van der Waals surface area contributed by atoms with Crippen LogP contribution in [0.15, 0.2) is 42.5 Å². The van der Waals surface area contributed by atoms with Gasteiger partial charge in [0.1, 0.15) is 11.6 Å². The molecule has 0 bridgehead atoms. The van der Waals surface area contributed by atoms with Gasteiger partial charge in [-0.3, -0.25) is 4.79 Å². The Morgan fingerprint density at radius 2 is 1.76 bits per heavy atom. The summed E-state index contributed by atoms with van der Waals surface area (Å²) in [4.78, 5) is 12.1. The highest BCUT2D eigenvalue weighted by Crippen LogP contribution is 2.16. The Morgan fingerprint density at radius 3 is 2.38 bits per heavy atom. The lowest BCUT2D eigenvalue weighted by molar-refractivity contribution is -0.122. The largest absolute Gasteiger partial charge is 0.481 e. The van der Waals surface area contributed by atoms with Crippen LogP contribution in [0.25, 0.3) is 0 Å². The van der Waals surface area contributed by atoms with Crippen molar-refractivity contribution in [1.29, 1.82) is 0 Å². The van der Waals surface area contributed by atoms with Crippen LogP contribution in [0.2, 0.25) is 0 Å². The van der Waals surface area contributed by atoms with E-state index in [-0.39, 0.29) is 11.7 Å². The Balaban J connectivity index is 1.98. The number of hydrogen-bond acceptors (Lipinski definition) is 2. The van der Waals surface area contributed by atoms with Crippen molar-refractivity contribution in [2.24, 2.45) is 0 Å². The van der Waals surface area contributed by atoms with E-state index in [2.05, 4.69) is 5.32 Å². The van der Waals surface area contributed by atoms with Crippen LogP contribution >= 0.6 is 0 Å². The average molecular weight is 287 g/mol. The number of ether oxygens (including phenoxy) is 1. The topological polar surface area (TPSA) is 38.3 Å². The minimum atomic E-state index is -0.669. The van der Waals surface area contributed by atoms with Crippen LogP contribution in [0.4, 0.5) is 10.1 Å². The third-order valence-corrected chi connectivity index (χ3v) is 3.27. The summed E-state index contributed by atoms with van der Waals surface area (Å²) in [6.07, 6.45) is -0.669. The Labute approximate surface area is 123 Å². The molecule has 0 heterocycles. The highest BCUT2D eigenvalue weighted by Gasteiger charge is 2.15. The fraction of sp³-hybridized carbons (Fsp3) is 0.235. The standard InChI is InChI=1S/C17H18FNO2/c1-11-4-7-15(10-12(11)2)19-17(20)13(3)21-16-8-5-14(18)6-9-16/h4-10,13H,1-3H3,(H,19,20)/t13-/m0/s1. The first-order valence-corrected chi connectivity index (χ1v) is 6.76. The van der Waals surface area contributed by atoms with Crippen molar-refractivity contribution in [3.63, 3.8) is 0 Å². The van der Waals surface area contributed by atoms with Crippen molar-refractivity contribution in [3.05, 3.63) is 59.4 Å². The zero-order valence-electron chi connectivity index (χ0n) is 12.3. The van der Waals surface area contributed by atoms with E-state index in [0.29, 0.717) is 5.75 Å². The van der Waals surface area contributed by atoms with Gasteiger partial charge in [0, 0.05) is 5.69 Å². The van der Waals surface area contributed by atoms with E-state index in [1.807, 2.05) is 32.0 Å². The second-order valence-electron chi connectivity index (χ2n) is 5.00. The van der Waals surface area contributed by atoms with Crippen LogP contribution in [0, 0.1) is 19.7 Å². The van der Waals surface area contributed by atoms with E-state index in [0.717, 1.165) is 11.3 Å². The maximum Gasteiger partial charge on any atom is 0.265 e. The zero-order chi connectivity index (χ0) is 15.4. The molecule has 0 aliphatic heterocycles. The smallest absolute Gasteiger partial charge is 0.265 e. The molecule has 0 aromatic heterocycles. The van der Waals surface area contributed by atoms with E-state index < -0.39 is 6.10 Å². The molecule has 2 aromatic carbocycles. The van der Waals surface area contributed by atoms with Crippen LogP contribution in [0.5, 0.6) is 5.75 Å². The number of nitrogens with one attached hydrogen (secondary N) is 1. The lowest BCUT2D eigenvalue weighted by atomic mass is 10.1. The predicted octanol–water partition coefficient (Wildman–Crippen LogP) is 3.85. The van der Waals surface area contributed by atoms with E-state index >= 15 is 0 Å². The van der Waals surface area contributed by atoms with Crippen LogP contribution in [0.1, 0.15) is 18.1 Å². The summed E-state index contributed by atoms with van der Waals surface area (Å²) in [6, 6.07) is 11.3. The molecule has 0 radical (unpaired) electrons. The predicted molar refractivity (Wildman–Crippen MR) is 81.0 cm³/mol. The Morgan fingerprint density at radius 1 is 1.10 bits per heavy atom. The number of anilines is 1. The van der Waals surface area contributed by atoms with Crippen LogP contribution in [-0.4, -0.2) is 12.0 Å². The maximum absolute atomic E-state index is 12.8. The third kappa shape index (κ3) is 4.05. The first-order valence-electron chi connectivity index (χ1n) is 6.76. The summed E-state index contributed by atoms with van der Waals surface area (Å²) in [5.41, 5.74) is 3.01. The lowest BCUT2D eigenvalue weighted by Gasteiger charge is -2.15. The quantitative estimate of drug-likeness (QED) is 0.927. The molecular formula is C17H18FNO2. The van der Waals surface area contributed by atoms with Gasteiger partial charge in [-0.1, -0.05) is 6.07 Å². The van der Waals surface area contributed by atoms with Crippen LogP contribution < -0.4 is 10.1 Å². The zero-order valence-corrected chi connectivity index (χ0v) is 12.3. The first kappa shape index (κ1) is 15.0. The van der Waals surface area contributed by atoms with Crippen molar-refractivity contribution in [2.75, 3.05) is 5.32 Å². The summed E-state index contributed by atoms with van der Waals surface area (Å²) < 4.78 is 18.3. The van der Waals surface area contributed by atoms with Gasteiger partial charge in [-0.2, -0.15) is 0 Å². The van der Waals surface area contributed by atoms with Gasteiger partial charge in [-0.15, -0.1) is 0 Å². The molecule has 0 aliphatic carbocycles.